The van der Waals surface area contributed by atoms with Crippen LogP contribution < -0.4 is 10.2 Å². The zero-order chi connectivity index (χ0) is 16.8. The summed E-state index contributed by atoms with van der Waals surface area (Å²) in [5.74, 6) is -0.0951. The van der Waals surface area contributed by atoms with Crippen LogP contribution in [0, 0.1) is 11.3 Å². The molecule has 118 valence electrons. The second-order valence-corrected chi connectivity index (χ2v) is 6.43. The number of carbonyl (C=O) groups is 1. The second-order valence-electron chi connectivity index (χ2n) is 5.52. The fraction of sp³-hybridized carbons (Fsp3) is 0.222. The van der Waals surface area contributed by atoms with E-state index in [1.165, 1.54) is 5.56 Å². The number of rotatable bonds is 5. The molecule has 2 atom stereocenters. The summed E-state index contributed by atoms with van der Waals surface area (Å²) < 4.78 is 1.04. The smallest absolute Gasteiger partial charge is 0.282 e. The highest BCUT2D eigenvalue weighted by Gasteiger charge is 2.22. The molecule has 0 aromatic heterocycles. The molecule has 4 nitrogen and oxygen atoms in total. The van der Waals surface area contributed by atoms with Gasteiger partial charge in [-0.2, -0.15) is 5.26 Å². The van der Waals surface area contributed by atoms with Crippen molar-refractivity contribution in [1.82, 2.24) is 0 Å². The quantitative estimate of drug-likeness (QED) is 0.846. The molecule has 0 heterocycles. The third kappa shape index (κ3) is 4.65. The summed E-state index contributed by atoms with van der Waals surface area (Å²) in [5, 5.41) is 11.9. The Kier molecular flexibility index (Phi) is 5.91. The van der Waals surface area contributed by atoms with Crippen LogP contribution in [0.15, 0.2) is 53.0 Å². The van der Waals surface area contributed by atoms with Crippen LogP contribution >= 0.6 is 15.9 Å². The van der Waals surface area contributed by atoms with Gasteiger partial charge in [0.05, 0.1) is 18.3 Å². The lowest BCUT2D eigenvalue weighted by Crippen LogP contribution is -3.12. The number of hydrogen-bond acceptors (Lipinski definition) is 2. The first-order chi connectivity index (χ1) is 11.0. The SMILES string of the molecule is C[C@H](C(=O)Nc1ccccc1C#N)[NH+](C)Cc1ccc(Br)cc1. The van der Waals surface area contributed by atoms with Crippen molar-refractivity contribution in [3.05, 3.63) is 64.1 Å². The van der Waals surface area contributed by atoms with E-state index in [4.69, 9.17) is 5.26 Å². The molecule has 1 amide bonds. The Bertz CT molecular complexity index is 722. The van der Waals surface area contributed by atoms with E-state index in [0.29, 0.717) is 11.3 Å². The average Bonchev–Trinajstić information content (AvgIpc) is 2.56. The first kappa shape index (κ1) is 17.2. The predicted molar refractivity (Wildman–Crippen MR) is 94.0 cm³/mol. The van der Waals surface area contributed by atoms with Crippen molar-refractivity contribution in [2.75, 3.05) is 12.4 Å². The molecule has 0 fully saturated rings. The van der Waals surface area contributed by atoms with Crippen molar-refractivity contribution in [1.29, 1.82) is 5.26 Å². The highest BCUT2D eigenvalue weighted by Crippen LogP contribution is 2.13. The molecule has 0 bridgehead atoms. The average molecular weight is 373 g/mol. The number of quaternary nitrogens is 1. The Hall–Kier alpha value is -2.16. The molecule has 0 spiro atoms. The molecule has 5 heteroatoms. The van der Waals surface area contributed by atoms with Crippen molar-refractivity contribution in [2.24, 2.45) is 0 Å². The van der Waals surface area contributed by atoms with Crippen molar-refractivity contribution in [3.63, 3.8) is 0 Å². The number of nitriles is 1. The third-order valence-electron chi connectivity index (χ3n) is 3.83. The van der Waals surface area contributed by atoms with Gasteiger partial charge in [-0.1, -0.05) is 40.2 Å². The van der Waals surface area contributed by atoms with Crippen LogP contribution in [-0.2, 0) is 11.3 Å². The molecule has 2 aromatic carbocycles. The third-order valence-corrected chi connectivity index (χ3v) is 4.36. The molecule has 2 N–H and O–H groups in total. The van der Waals surface area contributed by atoms with Crippen LogP contribution in [-0.4, -0.2) is 19.0 Å². The van der Waals surface area contributed by atoms with Crippen molar-refractivity contribution in [2.45, 2.75) is 19.5 Å². The minimum atomic E-state index is -0.231. The summed E-state index contributed by atoms with van der Waals surface area (Å²) >= 11 is 3.42. The Morgan fingerprint density at radius 2 is 1.91 bits per heavy atom. The Balaban J connectivity index is 2.01. The molecule has 1 unspecified atom stereocenters. The molecular formula is C18H19BrN3O+. The fourth-order valence-electron chi connectivity index (χ4n) is 2.23. The van der Waals surface area contributed by atoms with Gasteiger partial charge in [0, 0.05) is 10.0 Å². The number of anilines is 1. The summed E-state index contributed by atoms with van der Waals surface area (Å²) in [6.07, 6.45) is 0. The summed E-state index contributed by atoms with van der Waals surface area (Å²) in [5.41, 5.74) is 2.20. The Morgan fingerprint density at radius 3 is 2.57 bits per heavy atom. The van der Waals surface area contributed by atoms with E-state index in [1.54, 1.807) is 24.3 Å². The van der Waals surface area contributed by atoms with E-state index in [0.717, 1.165) is 15.9 Å². The maximum Gasteiger partial charge on any atom is 0.282 e. The van der Waals surface area contributed by atoms with Gasteiger partial charge >= 0.3 is 0 Å². The number of halogens is 1. The van der Waals surface area contributed by atoms with E-state index in [1.807, 2.05) is 38.2 Å². The molecule has 0 saturated heterocycles. The predicted octanol–water partition coefficient (Wildman–Crippen LogP) is 2.36. The van der Waals surface area contributed by atoms with Gasteiger partial charge in [-0.25, -0.2) is 0 Å². The van der Waals surface area contributed by atoms with Crippen LogP contribution in [0.4, 0.5) is 5.69 Å². The van der Waals surface area contributed by atoms with Crippen molar-refractivity contribution in [3.8, 4) is 6.07 Å². The van der Waals surface area contributed by atoms with Crippen LogP contribution in [0.3, 0.4) is 0 Å². The first-order valence-corrected chi connectivity index (χ1v) is 8.17. The van der Waals surface area contributed by atoms with Crippen molar-refractivity contribution < 1.29 is 9.69 Å². The lowest BCUT2D eigenvalue weighted by Gasteiger charge is -2.21. The van der Waals surface area contributed by atoms with Gasteiger partial charge in [0.15, 0.2) is 6.04 Å². The van der Waals surface area contributed by atoms with E-state index in [-0.39, 0.29) is 11.9 Å². The number of para-hydroxylation sites is 1. The molecule has 0 aliphatic carbocycles. The van der Waals surface area contributed by atoms with Crippen LogP contribution in [0.5, 0.6) is 0 Å². The van der Waals surface area contributed by atoms with Crippen molar-refractivity contribution >= 4 is 27.5 Å². The molecule has 0 aliphatic rings. The number of benzene rings is 2. The van der Waals surface area contributed by atoms with Gasteiger partial charge in [-0.05, 0) is 31.2 Å². The molecule has 2 aromatic rings. The van der Waals surface area contributed by atoms with E-state index in [9.17, 15) is 4.79 Å². The monoisotopic (exact) mass is 372 g/mol. The Morgan fingerprint density at radius 1 is 1.26 bits per heavy atom. The lowest BCUT2D eigenvalue weighted by atomic mass is 10.1. The van der Waals surface area contributed by atoms with Crippen LogP contribution in [0.1, 0.15) is 18.1 Å². The zero-order valence-electron chi connectivity index (χ0n) is 13.1. The normalized spacial score (nSPS) is 13.0. The van der Waals surface area contributed by atoms with Gasteiger partial charge < -0.3 is 10.2 Å². The number of likely N-dealkylation sites (N-methyl/N-ethyl adjacent to an activating group) is 1. The number of nitrogens with one attached hydrogen (secondary N) is 2. The Labute approximate surface area is 144 Å². The van der Waals surface area contributed by atoms with E-state index < -0.39 is 0 Å². The van der Waals surface area contributed by atoms with Crippen LogP contribution in [0.2, 0.25) is 0 Å². The molecule has 2 rings (SSSR count). The largest absolute Gasteiger partial charge is 0.324 e. The minimum absolute atomic E-state index is 0.0951. The second kappa shape index (κ2) is 7.91. The topological polar surface area (TPSA) is 57.3 Å². The summed E-state index contributed by atoms with van der Waals surface area (Å²) in [7, 11) is 1.99. The molecule has 0 aliphatic heterocycles. The molecular weight excluding hydrogens is 354 g/mol. The number of amides is 1. The van der Waals surface area contributed by atoms with Crippen LogP contribution in [0.25, 0.3) is 0 Å². The fourth-order valence-corrected chi connectivity index (χ4v) is 2.50. The van der Waals surface area contributed by atoms with E-state index in [2.05, 4.69) is 27.3 Å². The molecule has 23 heavy (non-hydrogen) atoms. The highest BCUT2D eigenvalue weighted by atomic mass is 79.9. The minimum Gasteiger partial charge on any atom is -0.324 e. The maximum absolute atomic E-state index is 12.4. The lowest BCUT2D eigenvalue weighted by molar-refractivity contribution is -0.907. The zero-order valence-corrected chi connectivity index (χ0v) is 14.7. The molecule has 0 saturated carbocycles. The van der Waals surface area contributed by atoms with Gasteiger partial charge in [0.1, 0.15) is 12.6 Å². The maximum atomic E-state index is 12.4. The van der Waals surface area contributed by atoms with Gasteiger partial charge in [0.2, 0.25) is 0 Å². The molecule has 0 radical (unpaired) electrons. The van der Waals surface area contributed by atoms with Gasteiger partial charge in [-0.3, -0.25) is 4.79 Å². The first-order valence-electron chi connectivity index (χ1n) is 7.38. The standard InChI is InChI=1S/C18H18BrN3O/c1-13(22(2)12-14-7-9-16(19)10-8-14)18(23)21-17-6-4-3-5-15(17)11-20/h3-10,13H,12H2,1-2H3,(H,21,23)/p+1/t13-/m1/s1. The highest BCUT2D eigenvalue weighted by molar-refractivity contribution is 9.10. The summed E-state index contributed by atoms with van der Waals surface area (Å²) in [4.78, 5) is 13.5. The number of nitrogens with zero attached hydrogens (tertiary/aromatic N) is 1. The van der Waals surface area contributed by atoms with Gasteiger partial charge in [0.25, 0.3) is 5.91 Å². The van der Waals surface area contributed by atoms with Gasteiger partial charge in [-0.15, -0.1) is 0 Å². The number of hydrogen-bond donors (Lipinski definition) is 2. The number of carbonyl (C=O) groups excluding carboxylic acids is 1. The summed E-state index contributed by atoms with van der Waals surface area (Å²) in [6.45, 7) is 2.64. The van der Waals surface area contributed by atoms with E-state index >= 15 is 0 Å². The summed E-state index contributed by atoms with van der Waals surface area (Å²) in [6, 6.07) is 17.0.